The zero-order valence-electron chi connectivity index (χ0n) is 9.48. The summed E-state index contributed by atoms with van der Waals surface area (Å²) < 4.78 is 0. The van der Waals surface area contributed by atoms with Gasteiger partial charge in [-0.05, 0) is 32.2 Å². The number of carbonyl (C=O) groups excluding carboxylic acids is 1. The maximum absolute atomic E-state index is 12.0. The summed E-state index contributed by atoms with van der Waals surface area (Å²) >= 11 is 0. The van der Waals surface area contributed by atoms with Crippen LogP contribution in [0.15, 0.2) is 0 Å². The van der Waals surface area contributed by atoms with E-state index >= 15 is 0 Å². The first-order valence-corrected chi connectivity index (χ1v) is 5.82. The molecular formula is C11H22N2O2. The van der Waals surface area contributed by atoms with Crippen LogP contribution < -0.4 is 5.73 Å². The number of nitrogens with two attached hydrogens (primary N) is 1. The van der Waals surface area contributed by atoms with Gasteiger partial charge in [0.15, 0.2) is 0 Å². The van der Waals surface area contributed by atoms with Crippen LogP contribution in [0.1, 0.15) is 32.6 Å². The van der Waals surface area contributed by atoms with E-state index in [9.17, 15) is 4.79 Å². The molecule has 1 amide bonds. The Hall–Kier alpha value is -0.610. The molecule has 1 aliphatic rings. The second-order valence-electron chi connectivity index (χ2n) is 4.34. The summed E-state index contributed by atoms with van der Waals surface area (Å²) in [5.74, 6) is 0.223. The maximum atomic E-state index is 12.0. The summed E-state index contributed by atoms with van der Waals surface area (Å²) in [7, 11) is 0. The van der Waals surface area contributed by atoms with Crippen LogP contribution in [0.5, 0.6) is 0 Å². The molecule has 1 saturated heterocycles. The minimum Gasteiger partial charge on any atom is -0.394 e. The predicted molar refractivity (Wildman–Crippen MR) is 59.3 cm³/mol. The van der Waals surface area contributed by atoms with Crippen LogP contribution in [-0.4, -0.2) is 41.7 Å². The number of hydrogen-bond donors (Lipinski definition) is 2. The first-order chi connectivity index (χ1) is 7.20. The van der Waals surface area contributed by atoms with Crippen LogP contribution in [0.4, 0.5) is 0 Å². The number of amides is 1. The lowest BCUT2D eigenvalue weighted by Gasteiger charge is -2.26. The molecule has 1 aliphatic heterocycles. The molecule has 4 heteroatoms. The van der Waals surface area contributed by atoms with Crippen molar-refractivity contribution in [3.05, 3.63) is 0 Å². The lowest BCUT2D eigenvalue weighted by atomic mass is 10.0. The quantitative estimate of drug-likeness (QED) is 0.693. The Kier molecular flexibility index (Phi) is 5.05. The molecule has 0 radical (unpaired) electrons. The maximum Gasteiger partial charge on any atom is 0.225 e. The lowest BCUT2D eigenvalue weighted by molar-refractivity contribution is -0.136. The van der Waals surface area contributed by atoms with Crippen molar-refractivity contribution in [2.24, 2.45) is 11.7 Å². The summed E-state index contributed by atoms with van der Waals surface area (Å²) in [5.41, 5.74) is 5.42. The van der Waals surface area contributed by atoms with Crippen molar-refractivity contribution in [1.29, 1.82) is 0 Å². The SMILES string of the molecule is CC(CCCN)C(=O)N1CCC[C@H]1CO. The number of aliphatic hydroxyl groups excluding tert-OH is 1. The number of rotatable bonds is 5. The van der Waals surface area contributed by atoms with E-state index in [4.69, 9.17) is 10.8 Å². The highest BCUT2D eigenvalue weighted by atomic mass is 16.3. The first-order valence-electron chi connectivity index (χ1n) is 5.82. The standard InChI is InChI=1S/C11H22N2O2/c1-9(4-2-6-12)11(15)13-7-3-5-10(13)8-14/h9-10,14H,2-8,12H2,1H3/t9?,10-/m0/s1. The van der Waals surface area contributed by atoms with Gasteiger partial charge in [-0.1, -0.05) is 6.92 Å². The van der Waals surface area contributed by atoms with Crippen LogP contribution in [-0.2, 0) is 4.79 Å². The van der Waals surface area contributed by atoms with E-state index in [1.165, 1.54) is 0 Å². The Labute approximate surface area is 91.4 Å². The van der Waals surface area contributed by atoms with Crippen LogP contribution >= 0.6 is 0 Å². The smallest absolute Gasteiger partial charge is 0.225 e. The summed E-state index contributed by atoms with van der Waals surface area (Å²) in [6.45, 7) is 3.48. The van der Waals surface area contributed by atoms with Gasteiger partial charge >= 0.3 is 0 Å². The van der Waals surface area contributed by atoms with E-state index in [-0.39, 0.29) is 24.5 Å². The number of hydrogen-bond acceptors (Lipinski definition) is 3. The molecule has 3 N–H and O–H groups in total. The third-order valence-electron chi connectivity index (χ3n) is 3.13. The van der Waals surface area contributed by atoms with E-state index in [0.717, 1.165) is 32.2 Å². The topological polar surface area (TPSA) is 66.6 Å². The van der Waals surface area contributed by atoms with Crippen LogP contribution in [0, 0.1) is 5.92 Å². The Morgan fingerprint density at radius 3 is 3.00 bits per heavy atom. The summed E-state index contributed by atoms with van der Waals surface area (Å²) in [5, 5.41) is 9.13. The second-order valence-corrected chi connectivity index (χ2v) is 4.34. The van der Waals surface area contributed by atoms with Crippen molar-refractivity contribution >= 4 is 5.91 Å². The number of likely N-dealkylation sites (tertiary alicyclic amines) is 1. The van der Waals surface area contributed by atoms with Gasteiger partial charge in [0.05, 0.1) is 12.6 Å². The highest BCUT2D eigenvalue weighted by Crippen LogP contribution is 2.20. The Balaban J connectivity index is 2.44. The minimum absolute atomic E-state index is 0.0423. The lowest BCUT2D eigenvalue weighted by Crippen LogP contribution is -2.40. The summed E-state index contributed by atoms with van der Waals surface area (Å²) in [4.78, 5) is 13.8. The number of carbonyl (C=O) groups is 1. The average molecular weight is 214 g/mol. The van der Waals surface area contributed by atoms with Crippen molar-refractivity contribution < 1.29 is 9.90 Å². The number of nitrogens with zero attached hydrogens (tertiary/aromatic N) is 1. The molecule has 0 aliphatic carbocycles. The van der Waals surface area contributed by atoms with Gasteiger partial charge in [-0.2, -0.15) is 0 Å². The normalized spacial score (nSPS) is 23.1. The third kappa shape index (κ3) is 3.18. The molecular weight excluding hydrogens is 192 g/mol. The molecule has 0 aromatic rings. The van der Waals surface area contributed by atoms with E-state index in [1.807, 2.05) is 11.8 Å². The van der Waals surface area contributed by atoms with Crippen LogP contribution in [0.25, 0.3) is 0 Å². The van der Waals surface area contributed by atoms with Crippen molar-refractivity contribution in [3.8, 4) is 0 Å². The Morgan fingerprint density at radius 2 is 2.40 bits per heavy atom. The van der Waals surface area contributed by atoms with E-state index in [2.05, 4.69) is 0 Å². The molecule has 2 atom stereocenters. The molecule has 15 heavy (non-hydrogen) atoms. The average Bonchev–Trinajstić information content (AvgIpc) is 2.72. The largest absolute Gasteiger partial charge is 0.394 e. The second kappa shape index (κ2) is 6.08. The van der Waals surface area contributed by atoms with Gasteiger partial charge in [0, 0.05) is 12.5 Å². The van der Waals surface area contributed by atoms with E-state index in [1.54, 1.807) is 0 Å². The van der Waals surface area contributed by atoms with Crippen LogP contribution in [0.3, 0.4) is 0 Å². The zero-order chi connectivity index (χ0) is 11.3. The van der Waals surface area contributed by atoms with Crippen molar-refractivity contribution in [2.45, 2.75) is 38.6 Å². The van der Waals surface area contributed by atoms with Gasteiger partial charge in [0.2, 0.25) is 5.91 Å². The fourth-order valence-electron chi connectivity index (χ4n) is 2.15. The van der Waals surface area contributed by atoms with Crippen molar-refractivity contribution in [2.75, 3.05) is 19.7 Å². The zero-order valence-corrected chi connectivity index (χ0v) is 9.48. The number of aliphatic hydroxyl groups is 1. The fourth-order valence-corrected chi connectivity index (χ4v) is 2.15. The van der Waals surface area contributed by atoms with Gasteiger partial charge in [0.1, 0.15) is 0 Å². The van der Waals surface area contributed by atoms with E-state index in [0.29, 0.717) is 6.54 Å². The summed E-state index contributed by atoms with van der Waals surface area (Å²) in [6.07, 6.45) is 3.70. The molecule has 0 saturated carbocycles. The van der Waals surface area contributed by atoms with E-state index < -0.39 is 0 Å². The summed E-state index contributed by atoms with van der Waals surface area (Å²) in [6, 6.07) is 0.0535. The van der Waals surface area contributed by atoms with Gasteiger partial charge < -0.3 is 15.7 Å². The van der Waals surface area contributed by atoms with Gasteiger partial charge in [0.25, 0.3) is 0 Å². The van der Waals surface area contributed by atoms with Gasteiger partial charge in [-0.15, -0.1) is 0 Å². The monoisotopic (exact) mass is 214 g/mol. The van der Waals surface area contributed by atoms with Crippen molar-refractivity contribution in [1.82, 2.24) is 4.90 Å². The first kappa shape index (κ1) is 12.5. The molecule has 0 bridgehead atoms. The molecule has 1 fully saturated rings. The molecule has 1 unspecified atom stereocenters. The minimum atomic E-state index is 0.0423. The molecule has 0 aromatic carbocycles. The highest BCUT2D eigenvalue weighted by molar-refractivity contribution is 5.79. The van der Waals surface area contributed by atoms with Gasteiger partial charge in [-0.25, -0.2) is 0 Å². The molecule has 0 aromatic heterocycles. The van der Waals surface area contributed by atoms with Crippen LogP contribution in [0.2, 0.25) is 0 Å². The molecule has 1 heterocycles. The Bertz CT molecular complexity index is 209. The molecule has 0 spiro atoms. The molecule has 4 nitrogen and oxygen atoms in total. The predicted octanol–water partition coefficient (Wildman–Crippen LogP) is 0.345. The fraction of sp³-hybridized carbons (Fsp3) is 0.909. The van der Waals surface area contributed by atoms with Crippen molar-refractivity contribution in [3.63, 3.8) is 0 Å². The Morgan fingerprint density at radius 1 is 1.67 bits per heavy atom. The van der Waals surface area contributed by atoms with Gasteiger partial charge in [-0.3, -0.25) is 4.79 Å². The third-order valence-corrected chi connectivity index (χ3v) is 3.13. The molecule has 88 valence electrons. The highest BCUT2D eigenvalue weighted by Gasteiger charge is 2.30. The molecule has 1 rings (SSSR count).